The molecular formula is C21H22N4O2. The minimum absolute atomic E-state index is 0.275. The first-order chi connectivity index (χ1) is 13.2. The van der Waals surface area contributed by atoms with E-state index in [0.717, 1.165) is 35.9 Å². The van der Waals surface area contributed by atoms with Crippen molar-refractivity contribution in [1.29, 1.82) is 0 Å². The van der Waals surface area contributed by atoms with Crippen LogP contribution in [-0.2, 0) is 16.1 Å². The molecule has 6 nitrogen and oxygen atoms in total. The van der Waals surface area contributed by atoms with Crippen LogP contribution < -0.4 is 0 Å². The van der Waals surface area contributed by atoms with Gasteiger partial charge in [-0.15, -0.1) is 0 Å². The molecule has 6 heteroatoms. The lowest BCUT2D eigenvalue weighted by Crippen LogP contribution is -2.56. The molecule has 3 fully saturated rings. The average molecular weight is 362 g/mol. The Balaban J connectivity index is 1.23. The van der Waals surface area contributed by atoms with E-state index in [1.54, 1.807) is 4.90 Å². The Bertz CT molecular complexity index is 858. The van der Waals surface area contributed by atoms with E-state index in [4.69, 9.17) is 0 Å². The summed E-state index contributed by atoms with van der Waals surface area (Å²) in [6.45, 7) is 1.53. The third-order valence-electron chi connectivity index (χ3n) is 6.14. The molecule has 0 radical (unpaired) electrons. The van der Waals surface area contributed by atoms with E-state index < -0.39 is 5.91 Å². The van der Waals surface area contributed by atoms with Gasteiger partial charge < -0.3 is 9.80 Å². The molecule has 2 atom stereocenters. The number of benzene rings is 1. The normalized spacial score (nSPS) is 27.0. The summed E-state index contributed by atoms with van der Waals surface area (Å²) in [6.07, 6.45) is 3.47. The van der Waals surface area contributed by atoms with Gasteiger partial charge in [0.05, 0.1) is 17.9 Å². The van der Waals surface area contributed by atoms with Gasteiger partial charge in [0.1, 0.15) is 0 Å². The number of piperazine rings is 1. The lowest BCUT2D eigenvalue weighted by molar-refractivity contribution is -0.158. The zero-order valence-corrected chi connectivity index (χ0v) is 15.1. The lowest BCUT2D eigenvalue weighted by Gasteiger charge is -2.37. The summed E-state index contributed by atoms with van der Waals surface area (Å²) in [7, 11) is 0. The van der Waals surface area contributed by atoms with Gasteiger partial charge in [0, 0.05) is 24.7 Å². The SMILES string of the molecule is O=C1C(=O)N(C2CC3CC3C2)CCN1Cc1ccc(-c2ccccc2)nn1. The number of aromatic nitrogens is 2. The number of amides is 2. The molecule has 2 saturated carbocycles. The molecule has 1 aromatic heterocycles. The zero-order chi connectivity index (χ0) is 18.4. The Morgan fingerprint density at radius 3 is 2.33 bits per heavy atom. The van der Waals surface area contributed by atoms with Crippen molar-refractivity contribution < 1.29 is 9.59 Å². The first-order valence-corrected chi connectivity index (χ1v) is 9.67. The monoisotopic (exact) mass is 362 g/mol. The van der Waals surface area contributed by atoms with Crippen LogP contribution in [-0.4, -0.2) is 50.9 Å². The first-order valence-electron chi connectivity index (χ1n) is 9.67. The molecule has 2 amide bonds. The summed E-state index contributed by atoms with van der Waals surface area (Å²) in [6, 6.07) is 13.9. The molecule has 2 heterocycles. The number of hydrogen-bond donors (Lipinski definition) is 0. The van der Waals surface area contributed by atoms with Crippen molar-refractivity contribution in [2.24, 2.45) is 11.8 Å². The molecule has 0 spiro atoms. The molecule has 3 aliphatic rings. The van der Waals surface area contributed by atoms with Crippen molar-refractivity contribution in [1.82, 2.24) is 20.0 Å². The zero-order valence-electron chi connectivity index (χ0n) is 15.1. The number of rotatable bonds is 4. The number of carbonyl (C=O) groups is 2. The van der Waals surface area contributed by atoms with E-state index in [-0.39, 0.29) is 11.9 Å². The third-order valence-corrected chi connectivity index (χ3v) is 6.14. The molecule has 2 aliphatic carbocycles. The van der Waals surface area contributed by atoms with Gasteiger partial charge in [-0.2, -0.15) is 10.2 Å². The quantitative estimate of drug-likeness (QED) is 0.782. The fourth-order valence-electron chi connectivity index (χ4n) is 4.53. The molecule has 0 bridgehead atoms. The van der Waals surface area contributed by atoms with Crippen LogP contribution in [0.15, 0.2) is 42.5 Å². The van der Waals surface area contributed by atoms with Gasteiger partial charge >= 0.3 is 11.8 Å². The van der Waals surface area contributed by atoms with Crippen molar-refractivity contribution >= 4 is 11.8 Å². The van der Waals surface area contributed by atoms with Gasteiger partial charge in [-0.1, -0.05) is 30.3 Å². The largest absolute Gasteiger partial charge is 0.330 e. The number of fused-ring (bicyclic) bond motifs is 1. The number of carbonyl (C=O) groups excluding carboxylic acids is 2. The van der Waals surface area contributed by atoms with Crippen LogP contribution in [0.5, 0.6) is 0 Å². The fourth-order valence-corrected chi connectivity index (χ4v) is 4.53. The van der Waals surface area contributed by atoms with Crippen molar-refractivity contribution in [3.8, 4) is 11.3 Å². The number of nitrogens with zero attached hydrogens (tertiary/aromatic N) is 4. The van der Waals surface area contributed by atoms with Crippen molar-refractivity contribution in [2.75, 3.05) is 13.1 Å². The molecule has 0 N–H and O–H groups in total. The summed E-state index contributed by atoms with van der Waals surface area (Å²) in [4.78, 5) is 28.5. The third kappa shape index (κ3) is 3.09. The molecule has 27 heavy (non-hydrogen) atoms. The van der Waals surface area contributed by atoms with Gasteiger partial charge in [-0.05, 0) is 43.2 Å². The van der Waals surface area contributed by atoms with Crippen LogP contribution in [0.3, 0.4) is 0 Å². The van der Waals surface area contributed by atoms with E-state index in [1.165, 1.54) is 6.42 Å². The highest BCUT2D eigenvalue weighted by Crippen LogP contribution is 2.53. The van der Waals surface area contributed by atoms with E-state index in [9.17, 15) is 9.59 Å². The first kappa shape index (κ1) is 16.4. The van der Waals surface area contributed by atoms with E-state index in [1.807, 2.05) is 47.4 Å². The Labute approximate surface area is 158 Å². The van der Waals surface area contributed by atoms with E-state index in [2.05, 4.69) is 10.2 Å². The van der Waals surface area contributed by atoms with Crippen molar-refractivity contribution in [3.05, 3.63) is 48.2 Å². The summed E-state index contributed by atoms with van der Waals surface area (Å²) in [5, 5.41) is 8.52. The predicted octanol–water partition coefficient (Wildman–Crippen LogP) is 2.11. The minimum Gasteiger partial charge on any atom is -0.330 e. The predicted molar refractivity (Wildman–Crippen MR) is 99.2 cm³/mol. The highest BCUT2D eigenvalue weighted by Gasteiger charge is 2.50. The smallest absolute Gasteiger partial charge is 0.312 e. The van der Waals surface area contributed by atoms with Gasteiger partial charge in [0.15, 0.2) is 0 Å². The van der Waals surface area contributed by atoms with Crippen LogP contribution in [0.1, 0.15) is 25.0 Å². The maximum Gasteiger partial charge on any atom is 0.312 e. The second-order valence-corrected chi connectivity index (χ2v) is 7.88. The molecule has 1 aromatic carbocycles. The minimum atomic E-state index is -0.407. The average Bonchev–Trinajstić information content (AvgIpc) is 3.32. The summed E-state index contributed by atoms with van der Waals surface area (Å²) < 4.78 is 0. The maximum atomic E-state index is 12.6. The van der Waals surface area contributed by atoms with E-state index >= 15 is 0 Å². The van der Waals surface area contributed by atoms with Crippen LogP contribution >= 0.6 is 0 Å². The van der Waals surface area contributed by atoms with Crippen molar-refractivity contribution in [3.63, 3.8) is 0 Å². The molecule has 2 unspecified atom stereocenters. The highest BCUT2D eigenvalue weighted by molar-refractivity contribution is 6.35. The van der Waals surface area contributed by atoms with Crippen LogP contribution in [0.2, 0.25) is 0 Å². The van der Waals surface area contributed by atoms with Gasteiger partial charge in [0.25, 0.3) is 0 Å². The molecule has 2 aromatic rings. The van der Waals surface area contributed by atoms with Gasteiger partial charge in [-0.25, -0.2) is 0 Å². The Hall–Kier alpha value is -2.76. The summed E-state index contributed by atoms with van der Waals surface area (Å²) >= 11 is 0. The maximum absolute atomic E-state index is 12.6. The molecule has 1 saturated heterocycles. The molecule has 1 aliphatic heterocycles. The molecule has 138 valence electrons. The Morgan fingerprint density at radius 1 is 0.852 bits per heavy atom. The van der Waals surface area contributed by atoms with Gasteiger partial charge in [-0.3, -0.25) is 9.59 Å². The van der Waals surface area contributed by atoms with Gasteiger partial charge in [0.2, 0.25) is 0 Å². The molecular weight excluding hydrogens is 340 g/mol. The highest BCUT2D eigenvalue weighted by atomic mass is 16.2. The van der Waals surface area contributed by atoms with Crippen molar-refractivity contribution in [2.45, 2.75) is 31.8 Å². The fraction of sp³-hybridized carbons (Fsp3) is 0.429. The lowest BCUT2D eigenvalue weighted by atomic mass is 10.1. The number of hydrogen-bond acceptors (Lipinski definition) is 4. The van der Waals surface area contributed by atoms with Crippen LogP contribution in [0, 0.1) is 11.8 Å². The summed E-state index contributed by atoms with van der Waals surface area (Å²) in [5.74, 6) is 0.848. The van der Waals surface area contributed by atoms with Crippen LogP contribution in [0.25, 0.3) is 11.3 Å². The Kier molecular flexibility index (Phi) is 3.92. The summed E-state index contributed by atoms with van der Waals surface area (Å²) in [5.41, 5.74) is 2.50. The standard InChI is InChI=1S/C21H22N4O2/c26-20-21(27)25(18-11-15-10-16(15)12-18)9-8-24(20)13-17-6-7-19(23-22-17)14-4-2-1-3-5-14/h1-7,15-16,18H,8-13H2. The van der Waals surface area contributed by atoms with E-state index in [0.29, 0.717) is 25.3 Å². The second-order valence-electron chi connectivity index (χ2n) is 7.88. The topological polar surface area (TPSA) is 66.4 Å². The second kappa shape index (κ2) is 6.44. The Morgan fingerprint density at radius 2 is 1.63 bits per heavy atom. The molecule has 5 rings (SSSR count). The van der Waals surface area contributed by atoms with Crippen LogP contribution in [0.4, 0.5) is 0 Å².